The van der Waals surface area contributed by atoms with E-state index in [4.69, 9.17) is 27.9 Å². The molecule has 3 N–H and O–H groups in total. The van der Waals surface area contributed by atoms with Gasteiger partial charge in [0.25, 0.3) is 5.56 Å². The fourth-order valence-electron chi connectivity index (χ4n) is 5.72. The number of ether oxygens (including phenoxy) is 1. The second-order valence-electron chi connectivity index (χ2n) is 11.6. The van der Waals surface area contributed by atoms with Crippen molar-refractivity contribution in [3.63, 3.8) is 0 Å². The zero-order valence-electron chi connectivity index (χ0n) is 26.8. The first-order valence-corrected chi connectivity index (χ1v) is 16.0. The molecule has 1 atom stereocenters. The van der Waals surface area contributed by atoms with Crippen molar-refractivity contribution < 1.29 is 22.7 Å². The van der Waals surface area contributed by atoms with Gasteiger partial charge in [0.2, 0.25) is 17.6 Å². The van der Waals surface area contributed by atoms with E-state index in [2.05, 4.69) is 30.9 Å². The lowest BCUT2D eigenvalue weighted by Crippen LogP contribution is -2.38. The first kappa shape index (κ1) is 34.9. The first-order valence-electron chi connectivity index (χ1n) is 15.2. The van der Waals surface area contributed by atoms with Crippen molar-refractivity contribution in [2.24, 2.45) is 14.1 Å². The maximum absolute atomic E-state index is 13.8. The summed E-state index contributed by atoms with van der Waals surface area (Å²) in [6, 6.07) is 13.8. The highest BCUT2D eigenvalue weighted by molar-refractivity contribution is 6.39. The van der Waals surface area contributed by atoms with Crippen LogP contribution in [0.5, 0.6) is 5.88 Å². The van der Waals surface area contributed by atoms with Crippen LogP contribution in [-0.2, 0) is 31.6 Å². The predicted octanol–water partition coefficient (Wildman–Crippen LogP) is 5.20. The standard InChI is InChI=1S/C33H29Cl2F3N8O4/c1-45-28-24(30(48)46(2)32(45)49)27(43-31(44-28)33(36,37)38)41-22-9-5-7-19(26(22)35)18-6-4-8-20(25(18)34)21-12-10-16(29(42-21)50-3)14-39-15-17-11-13-23(47)40-17/h4-10,12,17,39H,11,13-15H2,1-3H3,(H,40,47)(H,41,43,44). The normalized spacial score (nSPS) is 14.6. The number of benzene rings is 2. The second-order valence-corrected chi connectivity index (χ2v) is 12.3. The Morgan fingerprint density at radius 2 is 1.64 bits per heavy atom. The van der Waals surface area contributed by atoms with Crippen LogP contribution < -0.4 is 31.9 Å². The van der Waals surface area contributed by atoms with E-state index in [1.54, 1.807) is 36.4 Å². The molecule has 1 aliphatic heterocycles. The van der Waals surface area contributed by atoms with Crippen LogP contribution in [0.4, 0.5) is 24.7 Å². The highest BCUT2D eigenvalue weighted by atomic mass is 35.5. The van der Waals surface area contributed by atoms with E-state index in [-0.39, 0.29) is 28.0 Å². The number of hydrogen-bond donors (Lipinski definition) is 3. The Morgan fingerprint density at radius 3 is 2.32 bits per heavy atom. The van der Waals surface area contributed by atoms with Crippen molar-refractivity contribution >= 4 is 51.6 Å². The number of nitrogens with zero attached hydrogens (tertiary/aromatic N) is 5. The fraction of sp³-hybridized carbons (Fsp3) is 0.273. The Hall–Kier alpha value is -4.99. The van der Waals surface area contributed by atoms with E-state index in [0.717, 1.165) is 21.1 Å². The maximum Gasteiger partial charge on any atom is 0.451 e. The number of amides is 1. The maximum atomic E-state index is 13.8. The van der Waals surface area contributed by atoms with Gasteiger partial charge in [-0.25, -0.2) is 19.7 Å². The molecule has 17 heteroatoms. The van der Waals surface area contributed by atoms with Crippen LogP contribution in [0.1, 0.15) is 24.2 Å². The lowest BCUT2D eigenvalue weighted by Gasteiger charge is -2.17. The number of alkyl halides is 3. The number of methoxy groups -OCH3 is 1. The quantitative estimate of drug-likeness (QED) is 0.187. The minimum absolute atomic E-state index is 0.0453. The zero-order chi connectivity index (χ0) is 35.9. The molecule has 2 aromatic carbocycles. The fourth-order valence-corrected chi connectivity index (χ4v) is 6.32. The van der Waals surface area contributed by atoms with Gasteiger partial charge in [0.15, 0.2) is 5.65 Å². The number of nitrogens with one attached hydrogen (secondary N) is 3. The number of aromatic nitrogens is 5. The lowest BCUT2D eigenvalue weighted by atomic mass is 10.00. The molecule has 1 saturated heterocycles. The van der Waals surface area contributed by atoms with Gasteiger partial charge in [-0.3, -0.25) is 18.7 Å². The number of halogens is 5. The number of carbonyl (C=O) groups is 1. The molecule has 50 heavy (non-hydrogen) atoms. The first-order chi connectivity index (χ1) is 23.8. The molecule has 6 rings (SSSR count). The third-order valence-electron chi connectivity index (χ3n) is 8.29. The summed E-state index contributed by atoms with van der Waals surface area (Å²) in [5, 5.41) is 9.03. The summed E-state index contributed by atoms with van der Waals surface area (Å²) >= 11 is 13.8. The SMILES string of the molecule is COc1nc(-c2cccc(-c3cccc(Nc4nc(C(F)(F)F)nc5c4c(=O)n(C)c(=O)n5C)c3Cl)c2Cl)ccc1CNCC1CCC(=O)N1. The van der Waals surface area contributed by atoms with E-state index in [0.29, 0.717) is 52.8 Å². The molecular weight excluding hydrogens is 700 g/mol. The van der Waals surface area contributed by atoms with E-state index in [9.17, 15) is 27.6 Å². The Bertz CT molecular complexity index is 2280. The smallest absolute Gasteiger partial charge is 0.451 e. The van der Waals surface area contributed by atoms with Crippen LogP contribution in [0.2, 0.25) is 10.0 Å². The van der Waals surface area contributed by atoms with Crippen molar-refractivity contribution in [3.05, 3.63) is 90.8 Å². The largest absolute Gasteiger partial charge is 0.481 e. The zero-order valence-corrected chi connectivity index (χ0v) is 28.3. The van der Waals surface area contributed by atoms with Crippen molar-refractivity contribution in [3.8, 4) is 28.3 Å². The third kappa shape index (κ3) is 6.63. The number of carbonyl (C=O) groups excluding carboxylic acids is 1. The van der Waals surface area contributed by atoms with Crippen LogP contribution in [-0.4, -0.2) is 49.7 Å². The van der Waals surface area contributed by atoms with Crippen LogP contribution in [0, 0.1) is 0 Å². The Kier molecular flexibility index (Phi) is 9.57. The minimum atomic E-state index is -4.98. The van der Waals surface area contributed by atoms with Crippen molar-refractivity contribution in [2.45, 2.75) is 31.6 Å². The molecule has 1 fully saturated rings. The van der Waals surface area contributed by atoms with Crippen molar-refractivity contribution in [2.75, 3.05) is 19.0 Å². The summed E-state index contributed by atoms with van der Waals surface area (Å²) in [7, 11) is 3.91. The summed E-state index contributed by atoms with van der Waals surface area (Å²) in [5.74, 6) is -1.61. The molecule has 3 aromatic heterocycles. The lowest BCUT2D eigenvalue weighted by molar-refractivity contribution is -0.144. The van der Waals surface area contributed by atoms with Gasteiger partial charge < -0.3 is 20.7 Å². The number of pyridine rings is 1. The summed E-state index contributed by atoms with van der Waals surface area (Å²) < 4.78 is 48.7. The van der Waals surface area contributed by atoms with Gasteiger partial charge in [-0.15, -0.1) is 0 Å². The second kappa shape index (κ2) is 13.7. The van der Waals surface area contributed by atoms with Crippen molar-refractivity contribution in [1.82, 2.24) is 34.7 Å². The Balaban J connectivity index is 1.34. The molecular formula is C33H29Cl2F3N8O4. The molecule has 1 aliphatic rings. The number of anilines is 2. The van der Waals surface area contributed by atoms with Crippen molar-refractivity contribution in [1.29, 1.82) is 0 Å². The molecule has 260 valence electrons. The number of fused-ring (bicyclic) bond motifs is 1. The monoisotopic (exact) mass is 728 g/mol. The van der Waals surface area contributed by atoms with Crippen LogP contribution in [0.15, 0.2) is 58.1 Å². The van der Waals surface area contributed by atoms with E-state index < -0.39 is 34.7 Å². The van der Waals surface area contributed by atoms with Gasteiger partial charge in [-0.05, 0) is 18.6 Å². The molecule has 0 bridgehead atoms. The molecule has 4 heterocycles. The van der Waals surface area contributed by atoms with Crippen LogP contribution in [0.25, 0.3) is 33.4 Å². The molecule has 0 spiro atoms. The Labute approximate surface area is 292 Å². The summed E-state index contributed by atoms with van der Waals surface area (Å²) in [6.07, 6.45) is -3.69. The summed E-state index contributed by atoms with van der Waals surface area (Å²) in [4.78, 5) is 48.9. The molecule has 1 unspecified atom stereocenters. The third-order valence-corrected chi connectivity index (χ3v) is 9.11. The summed E-state index contributed by atoms with van der Waals surface area (Å²) in [5.41, 5.74) is 0.649. The van der Waals surface area contributed by atoms with Gasteiger partial charge in [-0.2, -0.15) is 13.2 Å². The average Bonchev–Trinajstić information content (AvgIpc) is 3.51. The molecule has 0 radical (unpaired) electrons. The molecule has 0 aliphatic carbocycles. The number of hydrogen-bond acceptors (Lipinski definition) is 9. The number of aryl methyl sites for hydroxylation is 1. The van der Waals surface area contributed by atoms with Gasteiger partial charge in [-0.1, -0.05) is 59.6 Å². The molecule has 5 aromatic rings. The van der Waals surface area contributed by atoms with Gasteiger partial charge in [0.05, 0.1) is 28.5 Å². The average molecular weight is 730 g/mol. The molecule has 1 amide bonds. The van der Waals surface area contributed by atoms with Gasteiger partial charge in [0.1, 0.15) is 11.2 Å². The molecule has 12 nitrogen and oxygen atoms in total. The topological polar surface area (TPSA) is 145 Å². The van der Waals surface area contributed by atoms with E-state index in [1.807, 2.05) is 6.07 Å². The predicted molar refractivity (Wildman–Crippen MR) is 183 cm³/mol. The number of rotatable bonds is 9. The van der Waals surface area contributed by atoms with Crippen LogP contribution in [0.3, 0.4) is 0 Å². The molecule has 0 saturated carbocycles. The van der Waals surface area contributed by atoms with E-state index in [1.165, 1.54) is 27.3 Å². The highest BCUT2D eigenvalue weighted by Gasteiger charge is 2.36. The van der Waals surface area contributed by atoms with Crippen LogP contribution >= 0.6 is 23.2 Å². The van der Waals surface area contributed by atoms with Gasteiger partial charge >= 0.3 is 11.9 Å². The Morgan fingerprint density at radius 1 is 0.940 bits per heavy atom. The minimum Gasteiger partial charge on any atom is -0.481 e. The summed E-state index contributed by atoms with van der Waals surface area (Å²) in [6.45, 7) is 1.06. The van der Waals surface area contributed by atoms with E-state index >= 15 is 0 Å². The highest BCUT2D eigenvalue weighted by Crippen LogP contribution is 2.42. The van der Waals surface area contributed by atoms with Gasteiger partial charge in [0, 0.05) is 61.9 Å².